The van der Waals surface area contributed by atoms with Gasteiger partial charge in [0.25, 0.3) is 0 Å². The zero-order chi connectivity index (χ0) is 13.4. The van der Waals surface area contributed by atoms with E-state index in [0.717, 1.165) is 36.2 Å². The highest BCUT2D eigenvalue weighted by atomic mass is 127. The van der Waals surface area contributed by atoms with Crippen molar-refractivity contribution in [3.63, 3.8) is 0 Å². The summed E-state index contributed by atoms with van der Waals surface area (Å²) in [6.45, 7) is 0.359. The average Bonchev–Trinajstić information content (AvgIpc) is 2.34. The van der Waals surface area contributed by atoms with Gasteiger partial charge >= 0.3 is 0 Å². The van der Waals surface area contributed by atoms with Crippen LogP contribution in [-0.4, -0.2) is 19.4 Å². The molecule has 0 bridgehead atoms. The summed E-state index contributed by atoms with van der Waals surface area (Å²) in [4.78, 5) is -0.280. The second-order valence-corrected chi connectivity index (χ2v) is 6.75. The van der Waals surface area contributed by atoms with Gasteiger partial charge in [0.05, 0.1) is 0 Å². The van der Waals surface area contributed by atoms with E-state index in [1.54, 1.807) is 0 Å². The lowest BCUT2D eigenvalue weighted by Crippen LogP contribution is -2.25. The average molecular weight is 385 g/mol. The molecular weight excluding hydrogens is 368 g/mol. The summed E-state index contributed by atoms with van der Waals surface area (Å²) in [5, 5.41) is 0. The monoisotopic (exact) mass is 385 g/mol. The van der Waals surface area contributed by atoms with Crippen LogP contribution in [0.2, 0.25) is 0 Å². The Morgan fingerprint density at radius 2 is 1.78 bits per heavy atom. The van der Waals surface area contributed by atoms with E-state index in [1.807, 2.05) is 0 Å². The van der Waals surface area contributed by atoms with Crippen LogP contribution in [0.4, 0.5) is 4.39 Å². The molecule has 1 aromatic rings. The fourth-order valence-corrected chi connectivity index (χ4v) is 3.21. The molecule has 0 radical (unpaired) electrons. The third-order valence-electron chi connectivity index (χ3n) is 2.48. The van der Waals surface area contributed by atoms with Gasteiger partial charge in [-0.15, -0.1) is 0 Å². The second kappa shape index (κ2) is 8.06. The maximum atomic E-state index is 13.3. The number of hydrogen-bond donors (Lipinski definition) is 1. The lowest BCUT2D eigenvalue weighted by molar-refractivity contribution is 0.553. The van der Waals surface area contributed by atoms with E-state index in [0.29, 0.717) is 6.54 Å². The van der Waals surface area contributed by atoms with Crippen LogP contribution in [0.25, 0.3) is 0 Å². The normalized spacial score (nSPS) is 11.7. The molecule has 1 N–H and O–H groups in total. The summed E-state index contributed by atoms with van der Waals surface area (Å²) < 4.78 is 40.5. The largest absolute Gasteiger partial charge is 0.243 e. The third kappa shape index (κ3) is 5.19. The molecule has 6 heteroatoms. The molecule has 18 heavy (non-hydrogen) atoms. The number of sulfonamides is 1. The molecule has 3 nitrogen and oxygen atoms in total. The highest BCUT2D eigenvalue weighted by molar-refractivity contribution is 14.1. The van der Waals surface area contributed by atoms with E-state index in [-0.39, 0.29) is 4.90 Å². The van der Waals surface area contributed by atoms with E-state index in [1.165, 1.54) is 18.2 Å². The van der Waals surface area contributed by atoms with Crippen molar-refractivity contribution in [1.82, 2.24) is 4.72 Å². The van der Waals surface area contributed by atoms with Crippen molar-refractivity contribution < 1.29 is 12.8 Å². The maximum absolute atomic E-state index is 13.3. The first-order chi connectivity index (χ1) is 8.58. The maximum Gasteiger partial charge on any atom is 0.243 e. The van der Waals surface area contributed by atoms with Crippen molar-refractivity contribution in [2.75, 3.05) is 11.0 Å². The minimum atomic E-state index is -3.71. The minimum absolute atomic E-state index is 0.280. The first kappa shape index (κ1) is 15.8. The zero-order valence-electron chi connectivity index (χ0n) is 10.0. The van der Waals surface area contributed by atoms with Gasteiger partial charge in [-0.2, -0.15) is 0 Å². The molecule has 0 aliphatic heterocycles. The van der Waals surface area contributed by atoms with Crippen LogP contribution in [0.1, 0.15) is 25.7 Å². The number of alkyl halides is 1. The fraction of sp³-hybridized carbons (Fsp3) is 0.500. The van der Waals surface area contributed by atoms with E-state index < -0.39 is 15.8 Å². The minimum Gasteiger partial charge on any atom is -0.211 e. The van der Waals surface area contributed by atoms with Crippen molar-refractivity contribution >= 4 is 32.6 Å². The van der Waals surface area contributed by atoms with E-state index in [4.69, 9.17) is 0 Å². The summed E-state index contributed by atoms with van der Waals surface area (Å²) in [5.41, 5.74) is 0. The Kier molecular flexibility index (Phi) is 7.10. The van der Waals surface area contributed by atoms with Crippen LogP contribution in [0.15, 0.2) is 29.2 Å². The number of hydrogen-bond acceptors (Lipinski definition) is 2. The van der Waals surface area contributed by atoms with Gasteiger partial charge in [0.2, 0.25) is 10.0 Å². The SMILES string of the molecule is O=S(=O)(NCCCCCCI)c1ccccc1F. The smallest absolute Gasteiger partial charge is 0.211 e. The van der Waals surface area contributed by atoms with Crippen LogP contribution in [0.3, 0.4) is 0 Å². The fourth-order valence-electron chi connectivity index (χ4n) is 1.52. The van der Waals surface area contributed by atoms with Crippen LogP contribution in [-0.2, 0) is 10.0 Å². The van der Waals surface area contributed by atoms with Gasteiger partial charge in [0, 0.05) is 6.54 Å². The van der Waals surface area contributed by atoms with Crippen LogP contribution in [0, 0.1) is 5.82 Å². The highest BCUT2D eigenvalue weighted by Gasteiger charge is 2.17. The van der Waals surface area contributed by atoms with E-state index in [2.05, 4.69) is 27.3 Å². The van der Waals surface area contributed by atoms with Crippen LogP contribution in [0.5, 0.6) is 0 Å². The van der Waals surface area contributed by atoms with Crippen molar-refractivity contribution in [3.8, 4) is 0 Å². The number of benzene rings is 1. The Labute approximate surface area is 121 Å². The molecule has 0 spiro atoms. The summed E-state index contributed by atoms with van der Waals surface area (Å²) in [6.07, 6.45) is 4.03. The molecular formula is C12H17FINO2S. The number of unbranched alkanes of at least 4 members (excludes halogenated alkanes) is 3. The van der Waals surface area contributed by atoms with Crippen LogP contribution < -0.4 is 4.72 Å². The zero-order valence-corrected chi connectivity index (χ0v) is 13.0. The summed E-state index contributed by atoms with van der Waals surface area (Å²) in [7, 11) is -3.71. The first-order valence-electron chi connectivity index (χ1n) is 5.88. The van der Waals surface area contributed by atoms with Crippen molar-refractivity contribution in [1.29, 1.82) is 0 Å². The molecule has 1 rings (SSSR count). The molecule has 0 saturated heterocycles. The first-order valence-corrected chi connectivity index (χ1v) is 8.89. The van der Waals surface area contributed by atoms with Gasteiger partial charge < -0.3 is 0 Å². The van der Waals surface area contributed by atoms with Crippen LogP contribution >= 0.6 is 22.6 Å². The predicted octanol–water partition coefficient (Wildman–Crippen LogP) is 3.10. The van der Waals surface area contributed by atoms with Gasteiger partial charge in [-0.1, -0.05) is 47.6 Å². The molecule has 0 atom stereocenters. The van der Waals surface area contributed by atoms with Crippen molar-refractivity contribution in [3.05, 3.63) is 30.1 Å². The van der Waals surface area contributed by atoms with E-state index in [9.17, 15) is 12.8 Å². The quantitative estimate of drug-likeness (QED) is 0.425. The number of rotatable bonds is 8. The van der Waals surface area contributed by atoms with E-state index >= 15 is 0 Å². The molecule has 102 valence electrons. The number of nitrogens with one attached hydrogen (secondary N) is 1. The molecule has 0 aromatic heterocycles. The van der Waals surface area contributed by atoms with Crippen molar-refractivity contribution in [2.45, 2.75) is 30.6 Å². The molecule has 0 saturated carbocycles. The Hall–Kier alpha value is -0.210. The highest BCUT2D eigenvalue weighted by Crippen LogP contribution is 2.13. The Balaban J connectivity index is 2.44. The van der Waals surface area contributed by atoms with Gasteiger partial charge in [-0.05, 0) is 29.4 Å². The van der Waals surface area contributed by atoms with Gasteiger partial charge in [0.1, 0.15) is 10.7 Å². The summed E-state index contributed by atoms with van der Waals surface area (Å²) in [5.74, 6) is -0.713. The Morgan fingerprint density at radius 1 is 1.11 bits per heavy atom. The molecule has 0 aliphatic rings. The summed E-state index contributed by atoms with van der Waals surface area (Å²) in [6, 6.07) is 5.40. The molecule has 0 unspecified atom stereocenters. The lowest BCUT2D eigenvalue weighted by atomic mass is 10.2. The molecule has 1 aromatic carbocycles. The predicted molar refractivity (Wildman–Crippen MR) is 78.9 cm³/mol. The number of halogens is 2. The van der Waals surface area contributed by atoms with Gasteiger partial charge in [0.15, 0.2) is 0 Å². The Morgan fingerprint density at radius 3 is 2.44 bits per heavy atom. The van der Waals surface area contributed by atoms with Gasteiger partial charge in [-0.25, -0.2) is 17.5 Å². The molecule has 0 heterocycles. The molecule has 0 fully saturated rings. The lowest BCUT2D eigenvalue weighted by Gasteiger charge is -2.07. The van der Waals surface area contributed by atoms with Crippen molar-refractivity contribution in [2.24, 2.45) is 0 Å². The Bertz CT molecular complexity index is 465. The topological polar surface area (TPSA) is 46.2 Å². The second-order valence-electron chi connectivity index (χ2n) is 3.93. The van der Waals surface area contributed by atoms with Gasteiger partial charge in [-0.3, -0.25) is 0 Å². The molecule has 0 aliphatic carbocycles. The third-order valence-corrected chi connectivity index (χ3v) is 4.74. The summed E-state index contributed by atoms with van der Waals surface area (Å²) >= 11 is 2.32. The molecule has 0 amide bonds. The standard InChI is InChI=1S/C12H17FINO2S/c13-11-7-3-4-8-12(11)18(16,17)15-10-6-2-1-5-9-14/h3-4,7-8,15H,1-2,5-6,9-10H2.